The molecule has 15 fully saturated rings. The third-order valence-corrected chi connectivity index (χ3v) is 27.4. The van der Waals surface area contributed by atoms with Gasteiger partial charge in [-0.05, 0) is 214 Å². The molecular weight excluding hydrogens is 1460 g/mol. The predicted octanol–water partition coefficient (Wildman–Crippen LogP) is 18.4. The number of hydrogen-bond acceptors (Lipinski definition) is 24. The lowest BCUT2D eigenvalue weighted by Crippen LogP contribution is -2.59. The highest BCUT2D eigenvalue weighted by atomic mass is 16.7. The van der Waals surface area contributed by atoms with Gasteiger partial charge < -0.3 is 56.8 Å². The maximum Gasteiger partial charge on any atom is 0.350 e. The maximum atomic E-state index is 12.8. The van der Waals surface area contributed by atoms with Gasteiger partial charge in [0, 0.05) is 48.3 Å². The zero-order chi connectivity index (χ0) is 77.7. The molecule has 22 unspecified atom stereocenters. The fraction of sp³-hybridized carbons (Fsp3) is 0.867. The van der Waals surface area contributed by atoms with Gasteiger partial charge in [0.2, 0.25) is 11.2 Å². The Labute approximate surface area is 688 Å². The highest BCUT2D eigenvalue weighted by Gasteiger charge is 2.72. The average molecular weight is 1630 g/mol. The fourth-order valence-electron chi connectivity index (χ4n) is 17.3. The Morgan fingerprint density at radius 3 is 1.40 bits per heavy atom. The van der Waals surface area contributed by atoms with Crippen molar-refractivity contribution in [2.45, 2.75) is 412 Å². The number of carbonyl (C=O) groups is 12. The molecule has 0 amide bonds. The van der Waals surface area contributed by atoms with Crippen LogP contribution in [0.4, 0.5) is 0 Å². The SMILES string of the molecule is C.C.C.C.C.C.C.C.C.C.CCC(C)(C)C(=O)OC(C)(C)C(=O)OC1(C)C2CC3C(=O)OC1C3C2.CCC(C)(C)C(=O)OC(C)(C)C(=O)OC1C2CC3C(=O)OC1C3C2.CCC(C)(C)C(=O)OC1C2CC3CC2C(=O)OC31C.CCC(C)(C)C(=O)OC1CC2CCC1(C)OC2=O.CCC(C)C(=O)OC1(C)CCC2CC1(C)OC2=O. The Hall–Kier alpha value is -6.36. The smallest absolute Gasteiger partial charge is 0.350 e. The van der Waals surface area contributed by atoms with E-state index in [2.05, 4.69) is 0 Å². The molecule has 0 aromatic heterocycles. The quantitative estimate of drug-likeness (QED) is 0.0856. The second-order valence-corrected chi connectivity index (χ2v) is 36.9. The zero-order valence-corrected chi connectivity index (χ0v) is 66.1. The first-order valence-corrected chi connectivity index (χ1v) is 38.5. The van der Waals surface area contributed by atoms with E-state index < -0.39 is 90.8 Å². The van der Waals surface area contributed by atoms with E-state index in [1.54, 1.807) is 41.5 Å². The van der Waals surface area contributed by atoms with E-state index in [0.29, 0.717) is 44.4 Å². The summed E-state index contributed by atoms with van der Waals surface area (Å²) in [6.07, 6.45) is 11.1. The number of fused-ring (bicyclic) bond motifs is 8. The molecule has 22 atom stereocenters. The first-order valence-electron chi connectivity index (χ1n) is 38.5. The molecule has 24 heteroatoms. The van der Waals surface area contributed by atoms with Gasteiger partial charge in [0.05, 0.1) is 57.2 Å². The molecule has 114 heavy (non-hydrogen) atoms. The van der Waals surface area contributed by atoms with Crippen LogP contribution in [0, 0.1) is 92.7 Å². The summed E-state index contributed by atoms with van der Waals surface area (Å²) in [6, 6.07) is 0. The first-order chi connectivity index (χ1) is 47.9. The van der Waals surface area contributed by atoms with Crippen molar-refractivity contribution in [1.29, 1.82) is 0 Å². The molecule has 0 spiro atoms. The van der Waals surface area contributed by atoms with Crippen LogP contribution in [0.3, 0.4) is 0 Å². The van der Waals surface area contributed by atoms with Crippen LogP contribution < -0.4 is 0 Å². The van der Waals surface area contributed by atoms with Gasteiger partial charge in [0.15, 0.2) is 0 Å². The van der Waals surface area contributed by atoms with Gasteiger partial charge in [-0.25, -0.2) is 9.59 Å². The molecule has 7 aliphatic heterocycles. The first kappa shape index (κ1) is 110. The predicted molar refractivity (Wildman–Crippen MR) is 439 cm³/mol. The van der Waals surface area contributed by atoms with E-state index in [-0.39, 0.29) is 212 Å². The topological polar surface area (TPSA) is 316 Å². The van der Waals surface area contributed by atoms with Gasteiger partial charge in [-0.15, -0.1) is 0 Å². The molecule has 7 heterocycles. The fourth-order valence-corrected chi connectivity index (χ4v) is 17.3. The molecule has 8 saturated carbocycles. The molecule has 0 radical (unpaired) electrons. The van der Waals surface area contributed by atoms with Crippen LogP contribution in [0.25, 0.3) is 0 Å². The monoisotopic (exact) mass is 1630 g/mol. The maximum absolute atomic E-state index is 12.8. The zero-order valence-electron chi connectivity index (χ0n) is 66.1. The van der Waals surface area contributed by atoms with E-state index in [0.717, 1.165) is 70.6 Å². The van der Waals surface area contributed by atoms with Crippen molar-refractivity contribution in [3.63, 3.8) is 0 Å². The molecule has 7 saturated heterocycles. The van der Waals surface area contributed by atoms with Crippen LogP contribution in [0.5, 0.6) is 0 Å². The molecule has 24 nitrogen and oxygen atoms in total. The highest BCUT2D eigenvalue weighted by molar-refractivity contribution is 5.87. The van der Waals surface area contributed by atoms with Crippen LogP contribution in [0.15, 0.2) is 0 Å². The van der Waals surface area contributed by atoms with Gasteiger partial charge in [-0.3, -0.25) is 47.9 Å². The van der Waals surface area contributed by atoms with Crippen molar-refractivity contribution in [3.05, 3.63) is 0 Å². The van der Waals surface area contributed by atoms with Crippen LogP contribution in [-0.4, -0.2) is 141 Å². The van der Waals surface area contributed by atoms with Crippen molar-refractivity contribution >= 4 is 71.6 Å². The van der Waals surface area contributed by atoms with Crippen LogP contribution in [0.1, 0.15) is 343 Å². The van der Waals surface area contributed by atoms with Crippen molar-refractivity contribution in [2.75, 3.05) is 0 Å². The summed E-state index contributed by atoms with van der Waals surface area (Å²) in [5.41, 5.74) is -8.41. The summed E-state index contributed by atoms with van der Waals surface area (Å²) in [4.78, 5) is 145. The lowest BCUT2D eigenvalue weighted by atomic mass is 9.71. The number of carbonyl (C=O) groups excluding carboxylic acids is 12. The molecule has 0 N–H and O–H groups in total. The van der Waals surface area contributed by atoms with Gasteiger partial charge >= 0.3 is 71.6 Å². The number of ether oxygens (including phenoxy) is 12. The summed E-state index contributed by atoms with van der Waals surface area (Å²) in [6.45, 7) is 41.8. The normalized spacial score (nSPS) is 34.3. The molecular formula is C90H160O24. The molecule has 664 valence electrons. The second kappa shape index (κ2) is 38.6. The van der Waals surface area contributed by atoms with Crippen LogP contribution in [-0.2, 0) is 114 Å². The van der Waals surface area contributed by atoms with Crippen LogP contribution in [0.2, 0.25) is 0 Å². The molecule has 15 rings (SSSR count). The lowest BCUT2D eigenvalue weighted by molar-refractivity contribution is -0.224. The van der Waals surface area contributed by atoms with E-state index in [1.165, 1.54) is 13.8 Å². The summed E-state index contributed by atoms with van der Waals surface area (Å²) < 4.78 is 66.8. The third-order valence-electron chi connectivity index (χ3n) is 27.4. The minimum absolute atomic E-state index is 0. The Morgan fingerprint density at radius 2 is 0.904 bits per heavy atom. The number of rotatable bonds is 19. The Morgan fingerprint density at radius 1 is 0.447 bits per heavy atom. The van der Waals surface area contributed by atoms with E-state index in [9.17, 15) is 57.5 Å². The van der Waals surface area contributed by atoms with E-state index in [1.807, 2.05) is 104 Å². The molecule has 0 aromatic rings. The minimum atomic E-state index is -1.39. The number of esters is 12. The highest BCUT2D eigenvalue weighted by Crippen LogP contribution is 2.63. The van der Waals surface area contributed by atoms with E-state index >= 15 is 0 Å². The van der Waals surface area contributed by atoms with Crippen molar-refractivity contribution in [2.24, 2.45) is 92.7 Å². The largest absolute Gasteiger partial charge is 0.458 e. The summed E-state index contributed by atoms with van der Waals surface area (Å²) in [5, 5.41) is 0. The summed E-state index contributed by atoms with van der Waals surface area (Å²) >= 11 is 0. The summed E-state index contributed by atoms with van der Waals surface area (Å²) in [7, 11) is 0. The number of hydrogen-bond donors (Lipinski definition) is 0. The Kier molecular flexibility index (Phi) is 37.1. The average Bonchev–Trinajstić information content (AvgIpc) is 1.55. The third kappa shape index (κ3) is 20.3. The molecule has 12 bridgehead atoms. The van der Waals surface area contributed by atoms with Gasteiger partial charge in [0.25, 0.3) is 0 Å². The van der Waals surface area contributed by atoms with Crippen molar-refractivity contribution in [3.8, 4) is 0 Å². The summed E-state index contributed by atoms with van der Waals surface area (Å²) in [5.74, 6) is -2.49. The lowest BCUT2D eigenvalue weighted by Gasteiger charge is -2.48. The minimum Gasteiger partial charge on any atom is -0.458 e. The Balaban J connectivity index is 0. The van der Waals surface area contributed by atoms with Crippen molar-refractivity contribution < 1.29 is 114 Å². The molecule has 8 aliphatic carbocycles. The van der Waals surface area contributed by atoms with Gasteiger partial charge in [-0.2, -0.15) is 0 Å². The van der Waals surface area contributed by atoms with Crippen molar-refractivity contribution in [1.82, 2.24) is 0 Å². The van der Waals surface area contributed by atoms with Gasteiger partial charge in [-0.1, -0.05) is 116 Å². The van der Waals surface area contributed by atoms with Gasteiger partial charge in [0.1, 0.15) is 58.5 Å². The Bertz CT molecular complexity index is 3400. The standard InChI is InChI=1S/C19H28O6.C18H26O6.C15H22O4.2C14H22O4.10CH4/c1-7-17(2,3)15(21)24-18(4,5)16(22)25-19(6)10-8-11-12(9-10)14(20)23-13(11)19;1-6-17(2,3)15(20)24-18(4,5)16(21)23-12-9-7-10-11(8-9)14(19)22-13(10)12;1-5-14(2,3)13(17)18-11-9-6-8-7-10(9)12(16)19-15(8,11)4;1-5-13(2,3)12(16)17-10-8-9-6-7-14(10,4)18-11(9)15;1-5-9(2)11(15)17-13(3)7-6-10-8-14(13,4)18-12(10)16;;;;;;;;;;/h10-13H,7-9H2,1-6H3;9-13H,6-8H2,1-5H3;8-11H,5-7H2,1-4H3;2*9-10H,5-8H2,1-4H3;10*1H4. The van der Waals surface area contributed by atoms with E-state index in [4.69, 9.17) is 56.8 Å². The second-order valence-electron chi connectivity index (χ2n) is 36.9. The van der Waals surface area contributed by atoms with Crippen LogP contribution >= 0.6 is 0 Å². The molecule has 15 aliphatic rings. The molecule has 0 aromatic carbocycles.